The minimum atomic E-state index is -0.205. The summed E-state index contributed by atoms with van der Waals surface area (Å²) in [4.78, 5) is 7.10. The van der Waals surface area contributed by atoms with E-state index in [2.05, 4.69) is 26.5 Å². The van der Waals surface area contributed by atoms with Crippen molar-refractivity contribution < 1.29 is 4.39 Å². The second-order valence-corrected chi connectivity index (χ2v) is 7.81. The van der Waals surface area contributed by atoms with Crippen LogP contribution in [0.1, 0.15) is 34.7 Å². The van der Waals surface area contributed by atoms with Crippen LogP contribution in [0, 0.1) is 12.7 Å². The zero-order valence-corrected chi connectivity index (χ0v) is 16.1. The third-order valence-corrected chi connectivity index (χ3v) is 5.58. The van der Waals surface area contributed by atoms with Gasteiger partial charge in [0, 0.05) is 37.3 Å². The van der Waals surface area contributed by atoms with Gasteiger partial charge in [-0.2, -0.15) is 0 Å². The van der Waals surface area contributed by atoms with Crippen molar-refractivity contribution in [3.05, 3.63) is 64.0 Å². The standard InChI is InChI=1S/C20H22FN5S/c1-14-8-9-16(19(23-14)26-10-4-5-11-26)13-22-20-25-24-18(27-20)12-15-6-2-3-7-17(15)21/h2-3,6-9H,4-5,10-13H2,1H3,(H,22,25). The van der Waals surface area contributed by atoms with Crippen molar-refractivity contribution in [3.63, 3.8) is 0 Å². The first kappa shape index (κ1) is 17.9. The molecule has 1 fully saturated rings. The van der Waals surface area contributed by atoms with Crippen molar-refractivity contribution in [1.82, 2.24) is 15.2 Å². The Hall–Kier alpha value is -2.54. The Labute approximate surface area is 162 Å². The Morgan fingerprint density at radius 2 is 1.89 bits per heavy atom. The van der Waals surface area contributed by atoms with Gasteiger partial charge in [0.25, 0.3) is 0 Å². The van der Waals surface area contributed by atoms with E-state index in [1.165, 1.54) is 30.2 Å². The minimum Gasteiger partial charge on any atom is -0.356 e. The molecule has 5 nitrogen and oxygen atoms in total. The number of benzene rings is 1. The minimum absolute atomic E-state index is 0.205. The van der Waals surface area contributed by atoms with E-state index in [1.54, 1.807) is 12.1 Å². The highest BCUT2D eigenvalue weighted by Crippen LogP contribution is 2.25. The molecule has 1 aromatic carbocycles. The summed E-state index contributed by atoms with van der Waals surface area (Å²) in [7, 11) is 0. The summed E-state index contributed by atoms with van der Waals surface area (Å²) in [5.74, 6) is 0.860. The van der Waals surface area contributed by atoms with Crippen LogP contribution in [0.2, 0.25) is 0 Å². The van der Waals surface area contributed by atoms with E-state index in [0.29, 0.717) is 18.5 Å². The average molecular weight is 383 g/mol. The lowest BCUT2D eigenvalue weighted by Gasteiger charge is -2.20. The molecule has 1 aliphatic rings. The molecule has 0 atom stereocenters. The zero-order chi connectivity index (χ0) is 18.6. The van der Waals surface area contributed by atoms with Crippen molar-refractivity contribution >= 4 is 22.3 Å². The van der Waals surface area contributed by atoms with Gasteiger partial charge in [0.05, 0.1) is 0 Å². The third kappa shape index (κ3) is 4.24. The maximum atomic E-state index is 13.8. The molecule has 1 saturated heterocycles. The average Bonchev–Trinajstić information content (AvgIpc) is 3.35. The molecule has 140 valence electrons. The van der Waals surface area contributed by atoms with Gasteiger partial charge in [-0.25, -0.2) is 9.37 Å². The van der Waals surface area contributed by atoms with Crippen LogP contribution in [0.25, 0.3) is 0 Å². The first-order valence-corrected chi connectivity index (χ1v) is 10.0. The number of aryl methyl sites for hydroxylation is 1. The van der Waals surface area contributed by atoms with Gasteiger partial charge in [0.2, 0.25) is 5.13 Å². The van der Waals surface area contributed by atoms with Crippen LogP contribution in [0.4, 0.5) is 15.3 Å². The van der Waals surface area contributed by atoms with Gasteiger partial charge in [-0.3, -0.25) is 0 Å². The van der Waals surface area contributed by atoms with Gasteiger partial charge < -0.3 is 10.2 Å². The topological polar surface area (TPSA) is 53.9 Å². The largest absolute Gasteiger partial charge is 0.356 e. The predicted molar refractivity (Wildman–Crippen MR) is 107 cm³/mol. The number of nitrogens with zero attached hydrogens (tertiary/aromatic N) is 4. The Kier molecular flexibility index (Phi) is 5.29. The van der Waals surface area contributed by atoms with Crippen LogP contribution in [0.5, 0.6) is 0 Å². The number of hydrogen-bond donors (Lipinski definition) is 1. The lowest BCUT2D eigenvalue weighted by molar-refractivity contribution is 0.613. The monoisotopic (exact) mass is 383 g/mol. The molecule has 0 spiro atoms. The maximum absolute atomic E-state index is 13.8. The van der Waals surface area contributed by atoms with Crippen LogP contribution in [-0.4, -0.2) is 28.3 Å². The molecule has 0 amide bonds. The molecule has 7 heteroatoms. The second kappa shape index (κ2) is 8.00. The van der Waals surface area contributed by atoms with Gasteiger partial charge in [0.15, 0.2) is 0 Å². The number of nitrogens with one attached hydrogen (secondary N) is 1. The van der Waals surface area contributed by atoms with Crippen molar-refractivity contribution in [2.24, 2.45) is 0 Å². The van der Waals surface area contributed by atoms with E-state index >= 15 is 0 Å². The summed E-state index contributed by atoms with van der Waals surface area (Å²) in [5, 5.41) is 13.3. The number of anilines is 2. The fourth-order valence-electron chi connectivity index (χ4n) is 3.28. The molecule has 1 N–H and O–H groups in total. The number of pyridine rings is 1. The predicted octanol–water partition coefficient (Wildman–Crippen LogP) is 4.18. The van der Waals surface area contributed by atoms with Gasteiger partial charge in [-0.05, 0) is 37.5 Å². The van der Waals surface area contributed by atoms with E-state index < -0.39 is 0 Å². The molecular formula is C20H22FN5S. The van der Waals surface area contributed by atoms with Crippen LogP contribution < -0.4 is 10.2 Å². The van der Waals surface area contributed by atoms with Crippen molar-refractivity contribution in [1.29, 1.82) is 0 Å². The summed E-state index contributed by atoms with van der Waals surface area (Å²) in [6.45, 7) is 4.80. The molecule has 0 saturated carbocycles. The summed E-state index contributed by atoms with van der Waals surface area (Å²) in [6.07, 6.45) is 2.90. The number of hydrogen-bond acceptors (Lipinski definition) is 6. The Morgan fingerprint density at radius 3 is 2.70 bits per heavy atom. The summed E-state index contributed by atoms with van der Waals surface area (Å²) in [5.41, 5.74) is 2.83. The van der Waals surface area contributed by atoms with E-state index in [9.17, 15) is 4.39 Å². The lowest BCUT2D eigenvalue weighted by Crippen LogP contribution is -2.21. The van der Waals surface area contributed by atoms with Crippen molar-refractivity contribution in [2.45, 2.75) is 32.7 Å². The fraction of sp³-hybridized carbons (Fsp3) is 0.350. The molecule has 0 bridgehead atoms. The van der Waals surface area contributed by atoms with Crippen LogP contribution in [-0.2, 0) is 13.0 Å². The van der Waals surface area contributed by atoms with Crippen molar-refractivity contribution in [3.8, 4) is 0 Å². The van der Waals surface area contributed by atoms with Crippen LogP contribution in [0.15, 0.2) is 36.4 Å². The first-order chi connectivity index (χ1) is 13.2. The first-order valence-electron chi connectivity index (χ1n) is 9.20. The van der Waals surface area contributed by atoms with E-state index in [0.717, 1.165) is 40.3 Å². The van der Waals surface area contributed by atoms with Gasteiger partial charge in [0.1, 0.15) is 16.6 Å². The highest BCUT2D eigenvalue weighted by atomic mass is 32.1. The molecule has 1 aliphatic heterocycles. The smallest absolute Gasteiger partial charge is 0.205 e. The van der Waals surface area contributed by atoms with E-state index in [-0.39, 0.29) is 5.82 Å². The maximum Gasteiger partial charge on any atom is 0.205 e. The highest BCUT2D eigenvalue weighted by molar-refractivity contribution is 7.15. The van der Waals surface area contributed by atoms with Crippen molar-refractivity contribution in [2.75, 3.05) is 23.3 Å². The fourth-order valence-corrected chi connectivity index (χ4v) is 4.04. The summed E-state index contributed by atoms with van der Waals surface area (Å²) < 4.78 is 13.8. The lowest BCUT2D eigenvalue weighted by atomic mass is 10.1. The molecule has 3 heterocycles. The SMILES string of the molecule is Cc1ccc(CNc2nnc(Cc3ccccc3F)s2)c(N2CCCC2)n1. The van der Waals surface area contributed by atoms with Gasteiger partial charge in [-0.15, -0.1) is 10.2 Å². The third-order valence-electron chi connectivity index (χ3n) is 4.70. The molecule has 3 aromatic rings. The molecule has 0 radical (unpaired) electrons. The highest BCUT2D eigenvalue weighted by Gasteiger charge is 2.17. The molecule has 27 heavy (non-hydrogen) atoms. The normalized spacial score (nSPS) is 13.9. The molecule has 0 unspecified atom stereocenters. The Bertz CT molecular complexity index is 920. The van der Waals surface area contributed by atoms with Crippen LogP contribution >= 0.6 is 11.3 Å². The molecule has 2 aromatic heterocycles. The Balaban J connectivity index is 1.44. The second-order valence-electron chi connectivity index (χ2n) is 6.75. The number of halogens is 1. The van der Waals surface area contributed by atoms with Gasteiger partial charge >= 0.3 is 0 Å². The van der Waals surface area contributed by atoms with E-state index in [1.807, 2.05) is 19.1 Å². The molecule has 0 aliphatic carbocycles. The quantitative estimate of drug-likeness (QED) is 0.692. The van der Waals surface area contributed by atoms with Gasteiger partial charge in [-0.1, -0.05) is 35.6 Å². The number of aromatic nitrogens is 3. The summed E-state index contributed by atoms with van der Waals surface area (Å²) >= 11 is 1.46. The summed E-state index contributed by atoms with van der Waals surface area (Å²) in [6, 6.07) is 11.0. The molecular weight excluding hydrogens is 361 g/mol. The van der Waals surface area contributed by atoms with E-state index in [4.69, 9.17) is 4.98 Å². The zero-order valence-electron chi connectivity index (χ0n) is 15.3. The van der Waals surface area contributed by atoms with Crippen LogP contribution in [0.3, 0.4) is 0 Å². The molecule has 4 rings (SSSR count). The number of rotatable bonds is 6. The Morgan fingerprint density at radius 1 is 1.07 bits per heavy atom.